The molecule has 1 heterocycles. The van der Waals surface area contributed by atoms with Crippen molar-refractivity contribution >= 4 is 27.9 Å². The molecule has 0 fully saturated rings. The van der Waals surface area contributed by atoms with Gasteiger partial charge in [0.05, 0.1) is 18.7 Å². The first-order chi connectivity index (χ1) is 10.4. The third-order valence-electron chi connectivity index (χ3n) is 3.65. The molecule has 0 radical (unpaired) electrons. The lowest BCUT2D eigenvalue weighted by atomic mass is 9.94. The maximum atomic E-state index is 12.4. The number of halogens is 1. The van der Waals surface area contributed by atoms with Crippen LogP contribution in [0.25, 0.3) is 0 Å². The second-order valence-electron chi connectivity index (χ2n) is 5.39. The minimum atomic E-state index is -0.511. The van der Waals surface area contributed by atoms with Crippen LogP contribution in [-0.4, -0.2) is 30.1 Å². The molecule has 0 aliphatic carbocycles. The van der Waals surface area contributed by atoms with Gasteiger partial charge < -0.3 is 10.1 Å². The van der Waals surface area contributed by atoms with Crippen molar-refractivity contribution in [3.05, 3.63) is 45.6 Å². The number of benzene rings is 1. The van der Waals surface area contributed by atoms with Gasteiger partial charge in [-0.15, -0.1) is 0 Å². The van der Waals surface area contributed by atoms with E-state index in [-0.39, 0.29) is 12.1 Å². The first-order valence-corrected chi connectivity index (χ1v) is 7.80. The Labute approximate surface area is 138 Å². The van der Waals surface area contributed by atoms with Crippen LogP contribution in [0.4, 0.5) is 4.79 Å². The maximum Gasteiger partial charge on any atom is 0.337 e. The Bertz CT molecular complexity index is 623. The molecule has 118 valence electrons. The fraction of sp³-hybridized carbons (Fsp3) is 0.375. The highest BCUT2D eigenvalue weighted by Crippen LogP contribution is 2.32. The summed E-state index contributed by atoms with van der Waals surface area (Å²) in [5.41, 5.74) is 1.91. The van der Waals surface area contributed by atoms with Crippen molar-refractivity contribution in [3.63, 3.8) is 0 Å². The summed E-state index contributed by atoms with van der Waals surface area (Å²) in [6, 6.07) is 6.72. The fourth-order valence-electron chi connectivity index (χ4n) is 2.66. The lowest BCUT2D eigenvalue weighted by Gasteiger charge is -2.37. The van der Waals surface area contributed by atoms with E-state index in [9.17, 15) is 9.59 Å². The molecule has 2 amide bonds. The van der Waals surface area contributed by atoms with Gasteiger partial charge >= 0.3 is 12.0 Å². The molecule has 1 aliphatic rings. The lowest BCUT2D eigenvalue weighted by molar-refractivity contribution is -0.136. The van der Waals surface area contributed by atoms with Crippen molar-refractivity contribution in [2.24, 2.45) is 0 Å². The third-order valence-corrected chi connectivity index (χ3v) is 4.18. The smallest absolute Gasteiger partial charge is 0.337 e. The maximum absolute atomic E-state index is 12.4. The topological polar surface area (TPSA) is 58.6 Å². The quantitative estimate of drug-likeness (QED) is 0.834. The average Bonchev–Trinajstić information content (AvgIpc) is 2.46. The van der Waals surface area contributed by atoms with Crippen molar-refractivity contribution in [1.82, 2.24) is 10.2 Å². The Kier molecular flexibility index (Phi) is 4.90. The van der Waals surface area contributed by atoms with Crippen LogP contribution in [0.1, 0.15) is 32.4 Å². The van der Waals surface area contributed by atoms with E-state index < -0.39 is 12.0 Å². The highest BCUT2D eigenvalue weighted by Gasteiger charge is 2.37. The predicted octanol–water partition coefficient (Wildman–Crippen LogP) is 3.37. The van der Waals surface area contributed by atoms with Gasteiger partial charge in [0.25, 0.3) is 0 Å². The predicted molar refractivity (Wildman–Crippen MR) is 87.1 cm³/mol. The molecule has 1 atom stereocenters. The molecule has 22 heavy (non-hydrogen) atoms. The number of ether oxygens (including phenoxy) is 1. The number of allylic oxidation sites excluding steroid dienone is 1. The zero-order valence-electron chi connectivity index (χ0n) is 13.0. The van der Waals surface area contributed by atoms with Crippen LogP contribution in [0.3, 0.4) is 0 Å². The minimum absolute atomic E-state index is 0.0504. The molecule has 0 saturated carbocycles. The second kappa shape index (κ2) is 6.52. The molecule has 5 nitrogen and oxygen atoms in total. The molecule has 0 aromatic heterocycles. The van der Waals surface area contributed by atoms with Crippen LogP contribution in [0.15, 0.2) is 40.0 Å². The molecule has 6 heteroatoms. The summed E-state index contributed by atoms with van der Waals surface area (Å²) in [4.78, 5) is 26.2. The number of carbonyl (C=O) groups is 2. The van der Waals surface area contributed by atoms with Crippen molar-refractivity contribution in [2.45, 2.75) is 32.9 Å². The standard InChI is InChI=1S/C16H19BrN2O3/c1-9(2)19-10(3)13(15(20)22-4)14(18-16(19)21)11-5-7-12(17)8-6-11/h5-9,14H,1-4H3,(H,18,21)/t14-/m0/s1. The molecule has 0 unspecified atom stereocenters. The Morgan fingerprint density at radius 3 is 2.41 bits per heavy atom. The number of carbonyl (C=O) groups excluding carboxylic acids is 2. The van der Waals surface area contributed by atoms with Crippen molar-refractivity contribution in [2.75, 3.05) is 7.11 Å². The summed E-state index contributed by atoms with van der Waals surface area (Å²) < 4.78 is 5.85. The Hall–Kier alpha value is -1.82. The van der Waals surface area contributed by atoms with Crippen molar-refractivity contribution in [3.8, 4) is 0 Å². The van der Waals surface area contributed by atoms with Crippen LogP contribution in [0.5, 0.6) is 0 Å². The monoisotopic (exact) mass is 366 g/mol. The largest absolute Gasteiger partial charge is 0.466 e. The number of nitrogens with zero attached hydrogens (tertiary/aromatic N) is 1. The van der Waals surface area contributed by atoms with Gasteiger partial charge in [-0.3, -0.25) is 4.90 Å². The van der Waals surface area contributed by atoms with Crippen LogP contribution in [-0.2, 0) is 9.53 Å². The first-order valence-electron chi connectivity index (χ1n) is 7.01. The van der Waals surface area contributed by atoms with E-state index in [0.29, 0.717) is 11.3 Å². The fourth-order valence-corrected chi connectivity index (χ4v) is 2.92. The van der Waals surface area contributed by atoms with E-state index in [2.05, 4.69) is 21.2 Å². The molecule has 0 spiro atoms. The number of hydrogen-bond acceptors (Lipinski definition) is 3. The van der Waals surface area contributed by atoms with Gasteiger partial charge in [-0.2, -0.15) is 0 Å². The Morgan fingerprint density at radius 1 is 1.32 bits per heavy atom. The number of nitrogens with one attached hydrogen (secondary N) is 1. The second-order valence-corrected chi connectivity index (χ2v) is 6.30. The molecule has 1 N–H and O–H groups in total. The number of esters is 1. The van der Waals surface area contributed by atoms with Gasteiger partial charge in [-0.05, 0) is 38.5 Å². The van der Waals surface area contributed by atoms with Gasteiger partial charge in [-0.25, -0.2) is 9.59 Å². The zero-order chi connectivity index (χ0) is 16.4. The average molecular weight is 367 g/mol. The van der Waals surface area contributed by atoms with Crippen LogP contribution in [0.2, 0.25) is 0 Å². The summed E-state index contributed by atoms with van der Waals surface area (Å²) in [7, 11) is 1.34. The number of urea groups is 1. The number of amides is 2. The van der Waals surface area contributed by atoms with Crippen LogP contribution < -0.4 is 5.32 Å². The third kappa shape index (κ3) is 3.02. The van der Waals surface area contributed by atoms with Gasteiger partial charge in [-0.1, -0.05) is 28.1 Å². The molecule has 1 aromatic carbocycles. The summed E-state index contributed by atoms with van der Waals surface area (Å²) in [6.45, 7) is 5.58. The molecular weight excluding hydrogens is 348 g/mol. The molecule has 1 aromatic rings. The Morgan fingerprint density at radius 2 is 1.91 bits per heavy atom. The van der Waals surface area contributed by atoms with E-state index in [1.165, 1.54) is 7.11 Å². The van der Waals surface area contributed by atoms with E-state index in [0.717, 1.165) is 10.0 Å². The highest BCUT2D eigenvalue weighted by atomic mass is 79.9. The van der Waals surface area contributed by atoms with Gasteiger partial charge in [0.2, 0.25) is 0 Å². The minimum Gasteiger partial charge on any atom is -0.466 e. The van der Waals surface area contributed by atoms with Crippen LogP contribution >= 0.6 is 15.9 Å². The summed E-state index contributed by atoms with van der Waals surface area (Å²) in [5, 5.41) is 2.89. The number of rotatable bonds is 3. The van der Waals surface area contributed by atoms with Crippen molar-refractivity contribution in [1.29, 1.82) is 0 Å². The molecular formula is C16H19BrN2O3. The van der Waals surface area contributed by atoms with E-state index >= 15 is 0 Å². The van der Waals surface area contributed by atoms with Crippen molar-refractivity contribution < 1.29 is 14.3 Å². The summed E-state index contributed by atoms with van der Waals surface area (Å²) in [5.74, 6) is -0.434. The van der Waals surface area contributed by atoms with Crippen LogP contribution in [0, 0.1) is 0 Å². The number of methoxy groups -OCH3 is 1. The van der Waals surface area contributed by atoms with E-state index in [4.69, 9.17) is 4.74 Å². The normalized spacial score (nSPS) is 18.5. The van der Waals surface area contributed by atoms with Gasteiger partial charge in [0.15, 0.2) is 0 Å². The molecule has 0 saturated heterocycles. The van der Waals surface area contributed by atoms with Gasteiger partial charge in [0, 0.05) is 16.2 Å². The van der Waals surface area contributed by atoms with Gasteiger partial charge in [0.1, 0.15) is 0 Å². The highest BCUT2D eigenvalue weighted by molar-refractivity contribution is 9.10. The molecule has 0 bridgehead atoms. The molecule has 2 rings (SSSR count). The lowest BCUT2D eigenvalue weighted by Crippen LogP contribution is -2.50. The first kappa shape index (κ1) is 16.5. The number of hydrogen-bond donors (Lipinski definition) is 1. The Balaban J connectivity index is 2.55. The molecule has 1 aliphatic heterocycles. The summed E-state index contributed by atoms with van der Waals surface area (Å²) in [6.07, 6.45) is 0. The van der Waals surface area contributed by atoms with E-state index in [1.807, 2.05) is 38.1 Å². The SMILES string of the molecule is COC(=O)C1=C(C)N(C(C)C)C(=O)N[C@H]1c1ccc(Br)cc1. The zero-order valence-corrected chi connectivity index (χ0v) is 14.6. The summed E-state index contributed by atoms with van der Waals surface area (Å²) >= 11 is 3.38. The van der Waals surface area contributed by atoms with E-state index in [1.54, 1.807) is 11.8 Å².